The van der Waals surface area contributed by atoms with E-state index in [0.717, 1.165) is 0 Å². The number of nitrogens with zero attached hydrogens (tertiary/aromatic N) is 4. The maximum Gasteiger partial charge on any atom is 0.380 e. The second-order valence-corrected chi connectivity index (χ2v) is 12.4. The zero-order chi connectivity index (χ0) is 20.3. The lowest BCUT2D eigenvalue weighted by molar-refractivity contribution is -0.382. The van der Waals surface area contributed by atoms with Crippen LogP contribution in [-0.4, -0.2) is 51.7 Å². The molecule has 2 fully saturated rings. The Labute approximate surface area is 168 Å². The number of rotatable bonds is 3. The molecule has 12 heteroatoms. The number of anilines is 1. The molecule has 2 aromatic rings. The third-order valence-electron chi connectivity index (χ3n) is 5.41. The zero-order valence-electron chi connectivity index (χ0n) is 16.1. The molecule has 3 N–H and O–H groups in total. The van der Waals surface area contributed by atoms with Crippen molar-refractivity contribution in [1.29, 1.82) is 0 Å². The Kier molecular flexibility index (Phi) is 4.89. The van der Waals surface area contributed by atoms with Crippen molar-refractivity contribution in [3.63, 3.8) is 0 Å². The van der Waals surface area contributed by atoms with Gasteiger partial charge in [0.25, 0.3) is 0 Å². The second kappa shape index (κ2) is 6.87. The number of hydrogen-bond acceptors (Lipinski definition) is 9. The minimum atomic E-state index is -2.68. The average Bonchev–Trinajstić information content (AvgIpc) is 3.12. The Hall–Kier alpha value is -1.34. The molecule has 28 heavy (non-hydrogen) atoms. The number of imidazole rings is 1. The minimum Gasteiger partial charge on any atom is -0.389 e. The Morgan fingerprint density at radius 2 is 2.04 bits per heavy atom. The number of aromatic nitrogens is 4. The predicted octanol–water partition coefficient (Wildman–Crippen LogP) is 2.28. The van der Waals surface area contributed by atoms with Gasteiger partial charge in [0.15, 0.2) is 11.5 Å². The van der Waals surface area contributed by atoms with Crippen molar-refractivity contribution in [1.82, 2.24) is 19.5 Å². The molecule has 4 rings (SSSR count). The quantitative estimate of drug-likeness (QED) is 0.429. The molecule has 2 aliphatic heterocycles. The van der Waals surface area contributed by atoms with Gasteiger partial charge in [-0.1, -0.05) is 27.7 Å². The second-order valence-electron chi connectivity index (χ2n) is 7.84. The van der Waals surface area contributed by atoms with Crippen LogP contribution >= 0.6 is 11.6 Å². The van der Waals surface area contributed by atoms with Crippen LogP contribution in [0.15, 0.2) is 6.33 Å². The average molecular weight is 430 g/mol. The van der Waals surface area contributed by atoms with Gasteiger partial charge in [0.1, 0.15) is 17.8 Å². The standard InChI is InChI=1S/C16H24ClN5O5Si/c1-8(2)28(9(3)4)24-6-10-16(23,26-27-28)5-11(25-10)22-7-19-12-13(18)20-15(17)21-14(12)22/h7-11,23H,5-6H2,1-4H3,(H2,18,20,21)/t10-,11-,16+/m1/s1. The van der Waals surface area contributed by atoms with Crippen LogP contribution in [0, 0.1) is 0 Å². The maximum atomic E-state index is 11.1. The van der Waals surface area contributed by atoms with E-state index in [1.165, 1.54) is 6.33 Å². The van der Waals surface area contributed by atoms with Crippen molar-refractivity contribution in [2.24, 2.45) is 0 Å². The van der Waals surface area contributed by atoms with E-state index < -0.39 is 26.7 Å². The van der Waals surface area contributed by atoms with Crippen molar-refractivity contribution < 1.29 is 23.7 Å². The molecule has 0 bridgehead atoms. The van der Waals surface area contributed by atoms with Gasteiger partial charge < -0.3 is 20.0 Å². The van der Waals surface area contributed by atoms with E-state index in [1.54, 1.807) is 4.57 Å². The fourth-order valence-corrected chi connectivity index (χ4v) is 7.12. The fraction of sp³-hybridized carbons (Fsp3) is 0.688. The molecule has 10 nitrogen and oxygen atoms in total. The summed E-state index contributed by atoms with van der Waals surface area (Å²) in [5.74, 6) is -1.48. The minimum absolute atomic E-state index is 0.00485. The molecule has 3 atom stereocenters. The number of nitrogens with two attached hydrogens (primary N) is 1. The summed E-state index contributed by atoms with van der Waals surface area (Å²) in [6.45, 7) is 8.32. The molecule has 0 aliphatic carbocycles. The molecule has 0 spiro atoms. The summed E-state index contributed by atoms with van der Waals surface area (Å²) in [4.78, 5) is 17.9. The highest BCUT2D eigenvalue weighted by Crippen LogP contribution is 2.45. The normalized spacial score (nSPS) is 30.1. The first-order valence-corrected chi connectivity index (χ1v) is 11.6. The number of nitrogen functional groups attached to an aromatic ring is 1. The summed E-state index contributed by atoms with van der Waals surface area (Å²) < 4.78 is 19.7. The van der Waals surface area contributed by atoms with Crippen molar-refractivity contribution in [3.05, 3.63) is 11.6 Å². The summed E-state index contributed by atoms with van der Waals surface area (Å²) in [6.07, 6.45) is 0.296. The Morgan fingerprint density at radius 1 is 1.32 bits per heavy atom. The molecular formula is C16H24ClN5O5Si. The largest absolute Gasteiger partial charge is 0.389 e. The number of hydrogen-bond donors (Lipinski definition) is 2. The molecule has 0 unspecified atom stereocenters. The zero-order valence-corrected chi connectivity index (χ0v) is 17.9. The first kappa shape index (κ1) is 20.0. The molecule has 0 aromatic carbocycles. The third kappa shape index (κ3) is 3.01. The topological polar surface area (TPSA) is 127 Å². The van der Waals surface area contributed by atoms with Gasteiger partial charge in [-0.05, 0) is 22.7 Å². The summed E-state index contributed by atoms with van der Waals surface area (Å²) >= 11 is 5.93. The molecule has 2 saturated heterocycles. The smallest absolute Gasteiger partial charge is 0.380 e. The van der Waals surface area contributed by atoms with E-state index in [-0.39, 0.29) is 35.2 Å². The first-order chi connectivity index (χ1) is 13.2. The molecule has 154 valence electrons. The lowest BCUT2D eigenvalue weighted by Gasteiger charge is -2.34. The van der Waals surface area contributed by atoms with Crippen LogP contribution in [0.4, 0.5) is 5.82 Å². The molecule has 4 heterocycles. The maximum absolute atomic E-state index is 11.1. The lowest BCUT2D eigenvalue weighted by Crippen LogP contribution is -2.48. The van der Waals surface area contributed by atoms with E-state index in [9.17, 15) is 5.11 Å². The van der Waals surface area contributed by atoms with Crippen LogP contribution in [0.2, 0.25) is 16.4 Å². The van der Waals surface area contributed by atoms with Crippen molar-refractivity contribution in [2.45, 2.75) is 63.3 Å². The highest BCUT2D eigenvalue weighted by Gasteiger charge is 2.58. The number of fused-ring (bicyclic) bond motifs is 2. The van der Waals surface area contributed by atoms with E-state index in [4.69, 9.17) is 36.0 Å². The van der Waals surface area contributed by atoms with E-state index in [2.05, 4.69) is 15.0 Å². The van der Waals surface area contributed by atoms with Crippen LogP contribution in [-0.2, 0) is 18.6 Å². The summed E-state index contributed by atoms with van der Waals surface area (Å²) in [6, 6.07) is 0. The monoisotopic (exact) mass is 429 g/mol. The van der Waals surface area contributed by atoms with Gasteiger partial charge in [-0.3, -0.25) is 4.57 Å². The van der Waals surface area contributed by atoms with Crippen LogP contribution in [0.3, 0.4) is 0 Å². The highest BCUT2D eigenvalue weighted by molar-refractivity contribution is 6.70. The summed E-state index contributed by atoms with van der Waals surface area (Å²) in [5, 5.41) is 11.1. The molecule has 0 radical (unpaired) electrons. The number of halogens is 1. The van der Waals surface area contributed by atoms with Crippen LogP contribution < -0.4 is 5.73 Å². The Balaban J connectivity index is 1.62. The van der Waals surface area contributed by atoms with Gasteiger partial charge in [0, 0.05) is 0 Å². The van der Waals surface area contributed by atoms with E-state index in [1.807, 2.05) is 27.7 Å². The SMILES string of the molecule is CC(C)[Si]1(C(C)C)OC[C@H]2O[C@@H](n3cnc4c(N)nc(Cl)nc43)C[C@]2(O)OO1. The molecular weight excluding hydrogens is 406 g/mol. The van der Waals surface area contributed by atoms with Crippen LogP contribution in [0.5, 0.6) is 0 Å². The third-order valence-corrected chi connectivity index (χ3v) is 9.76. The number of ether oxygens (including phenoxy) is 1. The van der Waals surface area contributed by atoms with Gasteiger partial charge in [0.05, 0.1) is 19.4 Å². The van der Waals surface area contributed by atoms with Crippen molar-refractivity contribution in [2.75, 3.05) is 12.3 Å². The van der Waals surface area contributed by atoms with Crippen LogP contribution in [0.25, 0.3) is 11.2 Å². The van der Waals surface area contributed by atoms with Gasteiger partial charge in [-0.25, -0.2) is 14.4 Å². The first-order valence-electron chi connectivity index (χ1n) is 9.20. The Morgan fingerprint density at radius 3 is 2.71 bits per heavy atom. The molecule has 2 aliphatic rings. The van der Waals surface area contributed by atoms with Gasteiger partial charge in [0.2, 0.25) is 11.1 Å². The highest BCUT2D eigenvalue weighted by atomic mass is 35.5. The summed E-state index contributed by atoms with van der Waals surface area (Å²) in [5.41, 5.74) is 6.97. The molecule has 2 aromatic heterocycles. The number of aliphatic hydroxyl groups is 1. The fourth-order valence-electron chi connectivity index (χ4n) is 3.83. The van der Waals surface area contributed by atoms with Crippen molar-refractivity contribution in [3.8, 4) is 0 Å². The summed E-state index contributed by atoms with van der Waals surface area (Å²) in [7, 11) is -2.68. The van der Waals surface area contributed by atoms with Crippen molar-refractivity contribution >= 4 is 37.1 Å². The molecule has 0 saturated carbocycles. The lowest BCUT2D eigenvalue weighted by atomic mass is 10.1. The van der Waals surface area contributed by atoms with E-state index in [0.29, 0.717) is 11.2 Å². The van der Waals surface area contributed by atoms with Crippen LogP contribution in [0.1, 0.15) is 40.3 Å². The molecule has 0 amide bonds. The van der Waals surface area contributed by atoms with Gasteiger partial charge in [-0.2, -0.15) is 9.97 Å². The van der Waals surface area contributed by atoms with E-state index >= 15 is 0 Å². The Bertz CT molecular complexity index is 888. The van der Waals surface area contributed by atoms with Gasteiger partial charge in [-0.15, -0.1) is 0 Å². The predicted molar refractivity (Wildman–Crippen MR) is 102 cm³/mol. The van der Waals surface area contributed by atoms with Gasteiger partial charge >= 0.3 is 8.56 Å².